The Balaban J connectivity index is 1.16. The Bertz CT molecular complexity index is 2620. The van der Waals surface area contributed by atoms with Crippen LogP contribution in [0.3, 0.4) is 0 Å². The lowest BCUT2D eigenvalue weighted by molar-refractivity contribution is -0.139. The summed E-state index contributed by atoms with van der Waals surface area (Å²) in [4.78, 5) is 64.1. The molecule has 0 bridgehead atoms. The lowest BCUT2D eigenvalue weighted by Gasteiger charge is -2.35. The van der Waals surface area contributed by atoms with Crippen molar-refractivity contribution in [1.29, 1.82) is 0 Å². The fourth-order valence-corrected chi connectivity index (χ4v) is 10.6. The van der Waals surface area contributed by atoms with E-state index in [1.54, 1.807) is 56.9 Å². The van der Waals surface area contributed by atoms with Crippen LogP contribution in [-0.2, 0) is 44.2 Å². The van der Waals surface area contributed by atoms with E-state index in [1.807, 2.05) is 74.5 Å². The molecule has 1 saturated heterocycles. The maximum absolute atomic E-state index is 15.2. The van der Waals surface area contributed by atoms with Crippen molar-refractivity contribution in [3.05, 3.63) is 113 Å². The number of benzene rings is 4. The first-order valence-corrected chi connectivity index (χ1v) is 25.7. The van der Waals surface area contributed by atoms with Gasteiger partial charge in [-0.2, -0.15) is 0 Å². The van der Waals surface area contributed by atoms with Crippen LogP contribution in [0.4, 0.5) is 28.4 Å². The van der Waals surface area contributed by atoms with E-state index in [-0.39, 0.29) is 56.5 Å². The molecule has 5 atom stereocenters. The summed E-state index contributed by atoms with van der Waals surface area (Å²) in [6, 6.07) is 22.7. The third kappa shape index (κ3) is 10.8. The number of rotatable bonds is 23. The number of carbonyl (C=O) groups is 4. The summed E-state index contributed by atoms with van der Waals surface area (Å²) in [5, 5.41) is 48.6. The van der Waals surface area contributed by atoms with Crippen molar-refractivity contribution >= 4 is 52.1 Å². The van der Waals surface area contributed by atoms with Crippen molar-refractivity contribution in [2.75, 3.05) is 67.4 Å². The van der Waals surface area contributed by atoms with Gasteiger partial charge in [-0.05, 0) is 162 Å². The predicted molar refractivity (Wildman–Crippen MR) is 276 cm³/mol. The van der Waals surface area contributed by atoms with Gasteiger partial charge in [0.2, 0.25) is 17.7 Å². The minimum absolute atomic E-state index is 0.0222. The second-order valence-electron chi connectivity index (χ2n) is 19.1. The van der Waals surface area contributed by atoms with Crippen LogP contribution < -0.4 is 34.8 Å². The normalized spacial score (nSPS) is 21.1. The monoisotopic (exact) mass is 987 g/mol. The Labute approximate surface area is 422 Å². The smallest absolute Gasteiger partial charge is 0.264 e. The minimum atomic E-state index is -2.14. The van der Waals surface area contributed by atoms with Crippen molar-refractivity contribution < 1.29 is 49.1 Å². The number of likely N-dealkylation sites (tertiary alicyclic amines) is 1. The number of amides is 4. The van der Waals surface area contributed by atoms with Gasteiger partial charge in [-0.1, -0.05) is 31.2 Å². The first kappa shape index (κ1) is 52.2. The van der Waals surface area contributed by atoms with Gasteiger partial charge in [0, 0.05) is 49.0 Å². The van der Waals surface area contributed by atoms with Crippen LogP contribution in [0, 0.1) is 5.92 Å². The Hall–Kier alpha value is -6.14. The number of anilines is 5. The summed E-state index contributed by atoms with van der Waals surface area (Å²) in [6.07, 6.45) is 8.38. The molecule has 0 spiro atoms. The Morgan fingerprint density at radius 3 is 1.92 bits per heavy atom. The van der Waals surface area contributed by atoms with E-state index in [0.717, 1.165) is 29.7 Å². The largest absolute Gasteiger partial charge is 0.494 e. The molecule has 384 valence electrons. The number of hydrogen-bond acceptors (Lipinski definition) is 12. The first-order valence-electron chi connectivity index (χ1n) is 25.7. The molecule has 4 aromatic carbocycles. The first-order chi connectivity index (χ1) is 34.9. The standard InChI is InChI=1S/C56H70N6O10/c1-4-71-44-19-22-49-39(30-44)32-47(57-24-6-8-27-63)53(67)61(49)41-15-11-14-38(29-41)35-60-51-21-18-42(62-50-23-20-45(72-5-2)31-40(50)33-48(54(62)68)58-25-7-9-28-64)34-46(51)56(70,55(60)69)37(3)13-10-17-52(66)59-26-12-16-43(59)36-65/h10-11,13-15,18-23,29-31,34,37,43,47-48,57-58,63-65,70H,4-9,12,16-17,24-28,32-33,35-36H2,1-3H3/b13-10+/t37-,43-,47?,48?,56+/m0/s1. The van der Waals surface area contributed by atoms with E-state index in [1.165, 1.54) is 0 Å². The predicted octanol–water partition coefficient (Wildman–Crippen LogP) is 5.69. The van der Waals surface area contributed by atoms with Crippen LogP contribution in [0.2, 0.25) is 0 Å². The summed E-state index contributed by atoms with van der Waals surface area (Å²) < 4.78 is 11.7. The highest BCUT2D eigenvalue weighted by Crippen LogP contribution is 2.49. The third-order valence-electron chi connectivity index (χ3n) is 14.3. The molecule has 16 heteroatoms. The van der Waals surface area contributed by atoms with Crippen LogP contribution in [-0.4, -0.2) is 120 Å². The van der Waals surface area contributed by atoms with Gasteiger partial charge in [0.1, 0.15) is 11.5 Å². The highest BCUT2D eigenvalue weighted by Gasteiger charge is 2.53. The van der Waals surface area contributed by atoms with E-state index >= 15 is 4.79 Å². The summed E-state index contributed by atoms with van der Waals surface area (Å²) in [5.41, 5.74) is 3.52. The van der Waals surface area contributed by atoms with Crippen molar-refractivity contribution in [1.82, 2.24) is 15.5 Å². The molecular weight excluding hydrogens is 917 g/mol. The van der Waals surface area contributed by atoms with E-state index < -0.39 is 29.5 Å². The van der Waals surface area contributed by atoms with Gasteiger partial charge in [0.15, 0.2) is 5.60 Å². The number of aliphatic hydroxyl groups is 4. The van der Waals surface area contributed by atoms with Crippen LogP contribution in [0.5, 0.6) is 11.5 Å². The zero-order valence-electron chi connectivity index (χ0n) is 41.7. The molecule has 4 amide bonds. The van der Waals surface area contributed by atoms with Crippen molar-refractivity contribution in [2.45, 2.75) is 109 Å². The van der Waals surface area contributed by atoms with Gasteiger partial charge in [0.05, 0.1) is 61.6 Å². The summed E-state index contributed by atoms with van der Waals surface area (Å²) in [7, 11) is 0. The molecule has 4 heterocycles. The highest BCUT2D eigenvalue weighted by molar-refractivity contribution is 6.10. The van der Waals surface area contributed by atoms with Crippen molar-refractivity contribution in [2.24, 2.45) is 5.92 Å². The molecule has 8 rings (SSSR count). The molecule has 4 aliphatic rings. The second kappa shape index (κ2) is 23.6. The topological polar surface area (TPSA) is 205 Å². The molecule has 4 aromatic rings. The fraction of sp³-hybridized carbons (Fsp3) is 0.464. The van der Waals surface area contributed by atoms with Gasteiger partial charge in [-0.3, -0.25) is 29.0 Å². The maximum atomic E-state index is 15.2. The summed E-state index contributed by atoms with van der Waals surface area (Å²) in [6.45, 7) is 8.18. The van der Waals surface area contributed by atoms with Crippen LogP contribution in [0.1, 0.15) is 88.0 Å². The lowest BCUT2D eigenvalue weighted by Crippen LogP contribution is -2.49. The van der Waals surface area contributed by atoms with Crippen molar-refractivity contribution in [3.8, 4) is 11.5 Å². The third-order valence-corrected chi connectivity index (χ3v) is 14.3. The van der Waals surface area contributed by atoms with Crippen LogP contribution in [0.25, 0.3) is 0 Å². The average molecular weight is 987 g/mol. The minimum Gasteiger partial charge on any atom is -0.494 e. The summed E-state index contributed by atoms with van der Waals surface area (Å²) >= 11 is 0. The molecule has 0 aliphatic carbocycles. The van der Waals surface area contributed by atoms with Gasteiger partial charge < -0.3 is 50.3 Å². The van der Waals surface area contributed by atoms with Crippen molar-refractivity contribution in [3.63, 3.8) is 0 Å². The molecule has 1 fully saturated rings. The molecule has 0 aromatic heterocycles. The molecule has 6 N–H and O–H groups in total. The molecule has 4 aliphatic heterocycles. The number of nitrogens with zero attached hydrogens (tertiary/aromatic N) is 4. The van der Waals surface area contributed by atoms with E-state index in [0.29, 0.717) is 117 Å². The van der Waals surface area contributed by atoms with Crippen LogP contribution in [0.15, 0.2) is 91.0 Å². The van der Waals surface area contributed by atoms with Gasteiger partial charge in [0.25, 0.3) is 5.91 Å². The highest BCUT2D eigenvalue weighted by atomic mass is 16.5. The zero-order valence-corrected chi connectivity index (χ0v) is 41.7. The SMILES string of the molecule is CCOc1ccc2c(c1)CC(NCCCCO)C(=O)N2c1cccc(CN2C(=O)[C@@](O)([C@@H](C)/C=C/CC(=O)N3CCC[C@H]3CO)c3cc(N4C(=O)C(NCCCCO)Cc5cc(OCC)ccc54)ccc32)c1. The number of ether oxygens (including phenoxy) is 2. The number of carbonyl (C=O) groups excluding carboxylic acids is 4. The molecule has 0 radical (unpaired) electrons. The lowest BCUT2D eigenvalue weighted by atomic mass is 9.82. The molecule has 16 nitrogen and oxygen atoms in total. The van der Waals surface area contributed by atoms with Gasteiger partial charge in [-0.15, -0.1) is 0 Å². The Morgan fingerprint density at radius 2 is 1.35 bits per heavy atom. The number of unbranched alkanes of at least 4 members (excludes halogenated alkanes) is 2. The Morgan fingerprint density at radius 1 is 0.764 bits per heavy atom. The molecule has 0 saturated carbocycles. The number of hydrogen-bond donors (Lipinski definition) is 6. The van der Waals surface area contributed by atoms with E-state index in [9.17, 15) is 34.8 Å². The van der Waals surface area contributed by atoms with E-state index in [4.69, 9.17) is 9.47 Å². The number of nitrogens with one attached hydrogen (secondary N) is 2. The van der Waals surface area contributed by atoms with Crippen LogP contribution >= 0.6 is 0 Å². The fourth-order valence-electron chi connectivity index (χ4n) is 10.6. The van der Waals surface area contributed by atoms with Gasteiger partial charge in [-0.25, -0.2) is 0 Å². The quantitative estimate of drug-likeness (QED) is 0.0392. The Kier molecular flexibility index (Phi) is 17.1. The zero-order chi connectivity index (χ0) is 50.9. The summed E-state index contributed by atoms with van der Waals surface area (Å²) in [5.74, 6) is -0.562. The average Bonchev–Trinajstić information content (AvgIpc) is 3.95. The second-order valence-corrected chi connectivity index (χ2v) is 19.1. The molecule has 72 heavy (non-hydrogen) atoms. The van der Waals surface area contributed by atoms with Gasteiger partial charge >= 0.3 is 0 Å². The number of fused-ring (bicyclic) bond motifs is 3. The molecular formula is C56H70N6O10. The maximum Gasteiger partial charge on any atom is 0.264 e. The molecule has 2 unspecified atom stereocenters. The van der Waals surface area contributed by atoms with E-state index in [2.05, 4.69) is 10.6 Å². The number of aliphatic hydroxyl groups excluding tert-OH is 3.